The van der Waals surface area contributed by atoms with Gasteiger partial charge in [-0.25, -0.2) is 0 Å². The molecule has 0 aliphatic heterocycles. The maximum Gasteiger partial charge on any atom is 0.238 e. The van der Waals surface area contributed by atoms with E-state index in [1.807, 2.05) is 0 Å². The predicted molar refractivity (Wildman–Crippen MR) is 64.5 cm³/mol. The summed E-state index contributed by atoms with van der Waals surface area (Å²) < 4.78 is 0. The number of rotatable bonds is 2. The standard InChI is InChI=1S/C13H22N2O/c1-12(2,3)7-8-4-5-9-10(6-8)13(9,15)11(14)16/h4,9-10H,5-7,15H2,1-3H3,(H2,14,16). The van der Waals surface area contributed by atoms with Crippen LogP contribution in [0.15, 0.2) is 11.6 Å². The van der Waals surface area contributed by atoms with E-state index in [2.05, 4.69) is 26.8 Å². The summed E-state index contributed by atoms with van der Waals surface area (Å²) >= 11 is 0. The Hall–Kier alpha value is -0.830. The van der Waals surface area contributed by atoms with E-state index in [-0.39, 0.29) is 5.91 Å². The highest BCUT2D eigenvalue weighted by molar-refractivity contribution is 5.89. The van der Waals surface area contributed by atoms with Crippen LogP contribution in [0.1, 0.15) is 40.0 Å². The van der Waals surface area contributed by atoms with E-state index < -0.39 is 5.54 Å². The fourth-order valence-corrected chi connectivity index (χ4v) is 3.08. The molecule has 0 aromatic heterocycles. The molecule has 0 heterocycles. The second-order valence-electron chi connectivity index (χ2n) is 6.55. The van der Waals surface area contributed by atoms with Crippen molar-refractivity contribution in [2.45, 2.75) is 45.6 Å². The first-order valence-corrected chi connectivity index (χ1v) is 6.02. The summed E-state index contributed by atoms with van der Waals surface area (Å²) in [7, 11) is 0. The topological polar surface area (TPSA) is 69.1 Å². The zero-order valence-corrected chi connectivity index (χ0v) is 10.4. The van der Waals surface area contributed by atoms with E-state index in [9.17, 15) is 4.79 Å². The Morgan fingerprint density at radius 3 is 2.62 bits per heavy atom. The second-order valence-corrected chi connectivity index (χ2v) is 6.55. The third-order valence-electron chi connectivity index (χ3n) is 3.93. The lowest BCUT2D eigenvalue weighted by molar-refractivity contribution is -0.120. The lowest BCUT2D eigenvalue weighted by Gasteiger charge is -2.22. The zero-order valence-electron chi connectivity index (χ0n) is 10.4. The summed E-state index contributed by atoms with van der Waals surface area (Å²) in [6.07, 6.45) is 5.24. The number of fused-ring (bicyclic) bond motifs is 1. The van der Waals surface area contributed by atoms with Crippen LogP contribution in [0.4, 0.5) is 0 Å². The number of carbonyl (C=O) groups excluding carboxylic acids is 1. The molecule has 2 aliphatic rings. The molecule has 0 aromatic carbocycles. The van der Waals surface area contributed by atoms with Crippen molar-refractivity contribution in [3.05, 3.63) is 11.6 Å². The highest BCUT2D eigenvalue weighted by Gasteiger charge is 2.66. The molecule has 3 nitrogen and oxygen atoms in total. The molecule has 0 bridgehead atoms. The van der Waals surface area contributed by atoms with Crippen LogP contribution in [-0.2, 0) is 4.79 Å². The molecule has 1 fully saturated rings. The smallest absolute Gasteiger partial charge is 0.238 e. The normalized spacial score (nSPS) is 37.6. The first-order valence-electron chi connectivity index (χ1n) is 6.02. The van der Waals surface area contributed by atoms with E-state index in [0.717, 1.165) is 19.3 Å². The van der Waals surface area contributed by atoms with Gasteiger partial charge in [-0.3, -0.25) is 4.79 Å². The highest BCUT2D eigenvalue weighted by atomic mass is 16.1. The molecule has 3 atom stereocenters. The van der Waals surface area contributed by atoms with Crippen molar-refractivity contribution >= 4 is 5.91 Å². The van der Waals surface area contributed by atoms with E-state index in [0.29, 0.717) is 17.3 Å². The van der Waals surface area contributed by atoms with Crippen LogP contribution in [0.25, 0.3) is 0 Å². The van der Waals surface area contributed by atoms with Crippen molar-refractivity contribution in [2.24, 2.45) is 28.7 Å². The van der Waals surface area contributed by atoms with Gasteiger partial charge in [-0.15, -0.1) is 0 Å². The van der Waals surface area contributed by atoms with Crippen molar-refractivity contribution in [1.29, 1.82) is 0 Å². The van der Waals surface area contributed by atoms with Crippen LogP contribution in [0.2, 0.25) is 0 Å². The van der Waals surface area contributed by atoms with Gasteiger partial charge in [0.25, 0.3) is 0 Å². The van der Waals surface area contributed by atoms with Crippen molar-refractivity contribution in [3.63, 3.8) is 0 Å². The second kappa shape index (κ2) is 3.33. The first kappa shape index (κ1) is 11.6. The summed E-state index contributed by atoms with van der Waals surface area (Å²) in [5, 5.41) is 0. The number of nitrogens with two attached hydrogens (primary N) is 2. The predicted octanol–water partition coefficient (Wildman–Crippen LogP) is 1.57. The molecule has 90 valence electrons. The summed E-state index contributed by atoms with van der Waals surface area (Å²) in [6.45, 7) is 6.70. The quantitative estimate of drug-likeness (QED) is 0.696. The lowest BCUT2D eigenvalue weighted by Crippen LogP contribution is -2.42. The van der Waals surface area contributed by atoms with Gasteiger partial charge in [0.2, 0.25) is 5.91 Å². The van der Waals surface area contributed by atoms with Gasteiger partial charge in [0.05, 0.1) is 0 Å². The van der Waals surface area contributed by atoms with Gasteiger partial charge in [0.1, 0.15) is 5.54 Å². The molecule has 0 aromatic rings. The molecule has 1 amide bonds. The van der Waals surface area contributed by atoms with Gasteiger partial charge in [-0.2, -0.15) is 0 Å². The maximum atomic E-state index is 11.3. The van der Waals surface area contributed by atoms with Crippen molar-refractivity contribution in [3.8, 4) is 0 Å². The molecule has 0 radical (unpaired) electrons. The SMILES string of the molecule is CC(C)(C)CC1=CCC2C(C1)C2(N)C(N)=O. The number of amides is 1. The molecule has 2 aliphatic carbocycles. The van der Waals surface area contributed by atoms with Crippen LogP contribution in [0.3, 0.4) is 0 Å². The Balaban J connectivity index is 2.02. The number of primary amides is 1. The number of allylic oxidation sites excluding steroid dienone is 2. The molecule has 4 N–H and O–H groups in total. The lowest BCUT2D eigenvalue weighted by atomic mass is 9.84. The maximum absolute atomic E-state index is 11.3. The van der Waals surface area contributed by atoms with Crippen LogP contribution < -0.4 is 11.5 Å². The van der Waals surface area contributed by atoms with E-state index in [4.69, 9.17) is 11.5 Å². The van der Waals surface area contributed by atoms with Gasteiger partial charge in [-0.05, 0) is 36.5 Å². The number of hydrogen-bond donors (Lipinski definition) is 2. The fraction of sp³-hybridized carbons (Fsp3) is 0.769. The molecule has 16 heavy (non-hydrogen) atoms. The molecule has 2 rings (SSSR count). The Bertz CT molecular complexity index is 353. The molecule has 0 saturated heterocycles. The first-order chi connectivity index (χ1) is 7.25. The van der Waals surface area contributed by atoms with Crippen molar-refractivity contribution in [1.82, 2.24) is 0 Å². The molecule has 3 unspecified atom stereocenters. The van der Waals surface area contributed by atoms with Gasteiger partial charge in [0, 0.05) is 0 Å². The summed E-state index contributed by atoms with van der Waals surface area (Å²) in [4.78, 5) is 11.3. The van der Waals surface area contributed by atoms with E-state index in [1.54, 1.807) is 0 Å². The Kier molecular flexibility index (Phi) is 2.42. The van der Waals surface area contributed by atoms with Gasteiger partial charge in [-0.1, -0.05) is 32.4 Å². The fourth-order valence-electron chi connectivity index (χ4n) is 3.08. The van der Waals surface area contributed by atoms with E-state index in [1.165, 1.54) is 5.57 Å². The molecular weight excluding hydrogens is 200 g/mol. The monoisotopic (exact) mass is 222 g/mol. The molecular formula is C13H22N2O. The van der Waals surface area contributed by atoms with Crippen LogP contribution >= 0.6 is 0 Å². The van der Waals surface area contributed by atoms with Gasteiger partial charge < -0.3 is 11.5 Å². The third-order valence-corrected chi connectivity index (χ3v) is 3.93. The van der Waals surface area contributed by atoms with Crippen molar-refractivity contribution < 1.29 is 4.79 Å². The average molecular weight is 222 g/mol. The average Bonchev–Trinajstić information content (AvgIpc) is 2.70. The van der Waals surface area contributed by atoms with Gasteiger partial charge >= 0.3 is 0 Å². The minimum absolute atomic E-state index is 0.298. The third kappa shape index (κ3) is 1.77. The molecule has 1 saturated carbocycles. The van der Waals surface area contributed by atoms with Gasteiger partial charge in [0.15, 0.2) is 0 Å². The van der Waals surface area contributed by atoms with E-state index >= 15 is 0 Å². The van der Waals surface area contributed by atoms with Crippen LogP contribution in [-0.4, -0.2) is 11.4 Å². The minimum Gasteiger partial charge on any atom is -0.368 e. The summed E-state index contributed by atoms with van der Waals surface area (Å²) in [5.41, 5.74) is 12.5. The Labute approximate surface area is 97.3 Å². The summed E-state index contributed by atoms with van der Waals surface area (Å²) in [5.74, 6) is 0.272. The summed E-state index contributed by atoms with van der Waals surface area (Å²) in [6, 6.07) is 0. The largest absolute Gasteiger partial charge is 0.368 e. The number of carbonyl (C=O) groups is 1. The van der Waals surface area contributed by atoms with Crippen molar-refractivity contribution in [2.75, 3.05) is 0 Å². The molecule has 0 spiro atoms. The zero-order chi connectivity index (χ0) is 12.1. The Morgan fingerprint density at radius 1 is 1.50 bits per heavy atom. The number of hydrogen-bond acceptors (Lipinski definition) is 2. The Morgan fingerprint density at radius 2 is 2.12 bits per heavy atom. The highest BCUT2D eigenvalue weighted by Crippen LogP contribution is 2.57. The van der Waals surface area contributed by atoms with Crippen LogP contribution in [0.5, 0.6) is 0 Å². The minimum atomic E-state index is -0.712. The molecule has 3 heteroatoms. The van der Waals surface area contributed by atoms with Crippen LogP contribution in [0, 0.1) is 17.3 Å².